The van der Waals surface area contributed by atoms with Crippen molar-refractivity contribution in [1.82, 2.24) is 20.2 Å². The largest absolute Gasteiger partial charge is 0.393 e. The number of carbonyl (C=O) groups is 2. The van der Waals surface area contributed by atoms with Crippen LogP contribution in [0.2, 0.25) is 0 Å². The molecule has 2 aromatic rings. The zero-order chi connectivity index (χ0) is 31.1. The number of piperidine rings is 1. The van der Waals surface area contributed by atoms with E-state index in [2.05, 4.69) is 25.5 Å². The summed E-state index contributed by atoms with van der Waals surface area (Å²) in [6.07, 6.45) is -4.09. The van der Waals surface area contributed by atoms with E-state index < -0.39 is 48.6 Å². The molecule has 3 saturated heterocycles. The predicted molar refractivity (Wildman–Crippen MR) is 153 cm³/mol. The van der Waals surface area contributed by atoms with E-state index in [0.29, 0.717) is 44.4 Å². The molecule has 1 aromatic carbocycles. The van der Waals surface area contributed by atoms with Gasteiger partial charge in [-0.15, -0.1) is 0 Å². The number of hydrogen-bond donors (Lipinski definition) is 2. The maximum absolute atomic E-state index is 15.9. The summed E-state index contributed by atoms with van der Waals surface area (Å²) in [6.45, 7) is 8.19. The highest BCUT2D eigenvalue weighted by atomic mass is 19.4. The first-order valence-electron chi connectivity index (χ1n) is 14.5. The van der Waals surface area contributed by atoms with Crippen LogP contribution < -0.4 is 20.4 Å². The third-order valence-electron chi connectivity index (χ3n) is 8.65. The number of alkyl halides is 3. The van der Waals surface area contributed by atoms with Gasteiger partial charge in [-0.3, -0.25) is 14.5 Å². The van der Waals surface area contributed by atoms with Crippen molar-refractivity contribution in [3.63, 3.8) is 0 Å². The average Bonchev–Trinajstić information content (AvgIpc) is 2.96. The van der Waals surface area contributed by atoms with Gasteiger partial charge in [-0.1, -0.05) is 0 Å². The number of piperazine rings is 1. The molecule has 4 heterocycles. The van der Waals surface area contributed by atoms with Crippen LogP contribution in [0.1, 0.15) is 27.2 Å². The molecular formula is C29H37F4N7O3. The zero-order valence-corrected chi connectivity index (χ0v) is 24.6. The number of rotatable bonds is 5. The first kappa shape index (κ1) is 30.9. The van der Waals surface area contributed by atoms with E-state index in [1.54, 1.807) is 6.07 Å². The molecule has 1 aromatic heterocycles. The Morgan fingerprint density at radius 2 is 1.84 bits per heavy atom. The molecule has 5 atom stereocenters. The number of aromatic nitrogens is 2. The average molecular weight is 608 g/mol. The first-order valence-corrected chi connectivity index (χ1v) is 14.5. The Hall–Kier alpha value is -3.52. The summed E-state index contributed by atoms with van der Waals surface area (Å²) in [4.78, 5) is 40.2. The number of halogens is 4. The Labute approximate surface area is 247 Å². The van der Waals surface area contributed by atoms with Gasteiger partial charge in [0.2, 0.25) is 17.8 Å². The Kier molecular flexibility index (Phi) is 8.80. The first-order chi connectivity index (χ1) is 20.3. The van der Waals surface area contributed by atoms with Gasteiger partial charge < -0.3 is 25.2 Å². The molecule has 2 amide bonds. The standard InChI is InChI=1S/C29H37F4N7O3/c1-16-13-40(14-17(2)38(16)4)25-11-22(30)19(23-5-6-34-28(37-23)39-7-8-43-18(3)15-39)9-24(25)36-27(42)20-12-35-26(41)10-21(20)29(31,32)33/h5-6,9,11,16-18,20-21H,7-8,10,12-15H2,1-4H3,(H,35,41)(H,36,42)/t16-,17+,18-,20?,21?/m0/s1. The molecule has 10 nitrogen and oxygen atoms in total. The fourth-order valence-corrected chi connectivity index (χ4v) is 6.00. The second kappa shape index (κ2) is 12.2. The van der Waals surface area contributed by atoms with Gasteiger partial charge in [0.1, 0.15) is 5.82 Å². The third kappa shape index (κ3) is 6.69. The van der Waals surface area contributed by atoms with Crippen molar-refractivity contribution in [1.29, 1.82) is 0 Å². The van der Waals surface area contributed by atoms with Crippen LogP contribution in [0.4, 0.5) is 34.9 Å². The Morgan fingerprint density at radius 1 is 1.12 bits per heavy atom. The Balaban J connectivity index is 1.52. The van der Waals surface area contributed by atoms with Gasteiger partial charge in [-0.25, -0.2) is 14.4 Å². The lowest BCUT2D eigenvalue weighted by Crippen LogP contribution is -2.55. The minimum Gasteiger partial charge on any atom is -0.375 e. The van der Waals surface area contributed by atoms with Gasteiger partial charge in [0.05, 0.1) is 41.6 Å². The van der Waals surface area contributed by atoms with Crippen molar-refractivity contribution in [2.45, 2.75) is 51.6 Å². The number of anilines is 3. The number of hydrogen-bond acceptors (Lipinski definition) is 8. The van der Waals surface area contributed by atoms with Gasteiger partial charge in [0, 0.05) is 63.0 Å². The number of morpholine rings is 1. The fraction of sp³-hybridized carbons (Fsp3) is 0.586. The quantitative estimate of drug-likeness (QED) is 0.500. The van der Waals surface area contributed by atoms with E-state index in [4.69, 9.17) is 4.74 Å². The highest BCUT2D eigenvalue weighted by Crippen LogP contribution is 2.39. The smallest absolute Gasteiger partial charge is 0.375 e. The predicted octanol–water partition coefficient (Wildman–Crippen LogP) is 3.29. The highest BCUT2D eigenvalue weighted by Gasteiger charge is 2.50. The molecule has 0 aliphatic carbocycles. The number of carbonyl (C=O) groups excluding carboxylic acids is 2. The summed E-state index contributed by atoms with van der Waals surface area (Å²) >= 11 is 0. The Bertz CT molecular complexity index is 1350. The molecule has 43 heavy (non-hydrogen) atoms. The maximum Gasteiger partial charge on any atom is 0.393 e. The topological polar surface area (TPSA) is 103 Å². The van der Waals surface area contributed by atoms with Gasteiger partial charge in [-0.2, -0.15) is 13.2 Å². The number of nitrogens with one attached hydrogen (secondary N) is 2. The molecule has 0 bridgehead atoms. The van der Waals surface area contributed by atoms with Crippen LogP contribution in [0, 0.1) is 17.7 Å². The van der Waals surface area contributed by atoms with E-state index in [1.165, 1.54) is 18.3 Å². The van der Waals surface area contributed by atoms with Crippen LogP contribution in [0.3, 0.4) is 0 Å². The molecule has 0 saturated carbocycles. The van der Waals surface area contributed by atoms with E-state index in [-0.39, 0.29) is 35.1 Å². The molecule has 2 unspecified atom stereocenters. The summed E-state index contributed by atoms with van der Waals surface area (Å²) in [6, 6.07) is 4.47. The third-order valence-corrected chi connectivity index (χ3v) is 8.65. The molecule has 2 N–H and O–H groups in total. The van der Waals surface area contributed by atoms with Gasteiger partial charge in [-0.05, 0) is 46.0 Å². The number of amides is 2. The molecular weight excluding hydrogens is 570 g/mol. The maximum atomic E-state index is 15.9. The molecule has 5 rings (SSSR count). The monoisotopic (exact) mass is 607 g/mol. The van der Waals surface area contributed by atoms with Crippen molar-refractivity contribution in [3.8, 4) is 11.3 Å². The van der Waals surface area contributed by atoms with Gasteiger partial charge in [0.25, 0.3) is 0 Å². The number of nitrogens with zero attached hydrogens (tertiary/aromatic N) is 5. The van der Waals surface area contributed by atoms with Crippen LogP contribution >= 0.6 is 0 Å². The van der Waals surface area contributed by atoms with E-state index in [0.717, 1.165) is 0 Å². The highest BCUT2D eigenvalue weighted by molar-refractivity contribution is 5.98. The normalized spacial score (nSPS) is 27.2. The summed E-state index contributed by atoms with van der Waals surface area (Å²) in [5.41, 5.74) is 0.870. The summed E-state index contributed by atoms with van der Waals surface area (Å²) in [7, 11) is 2.00. The lowest BCUT2D eigenvalue weighted by molar-refractivity contribution is -0.197. The van der Waals surface area contributed by atoms with Crippen molar-refractivity contribution >= 4 is 29.1 Å². The van der Waals surface area contributed by atoms with Crippen molar-refractivity contribution in [2.75, 3.05) is 61.5 Å². The van der Waals surface area contributed by atoms with Gasteiger partial charge >= 0.3 is 6.18 Å². The number of ether oxygens (including phenoxy) is 1. The van der Waals surface area contributed by atoms with Crippen molar-refractivity contribution in [3.05, 3.63) is 30.2 Å². The zero-order valence-electron chi connectivity index (χ0n) is 24.6. The molecule has 3 aliphatic heterocycles. The van der Waals surface area contributed by atoms with Crippen LogP contribution in [-0.2, 0) is 14.3 Å². The number of benzene rings is 1. The second-order valence-corrected chi connectivity index (χ2v) is 11.7. The lowest BCUT2D eigenvalue weighted by Gasteiger charge is -2.44. The van der Waals surface area contributed by atoms with Crippen molar-refractivity contribution in [2.24, 2.45) is 11.8 Å². The minimum absolute atomic E-state index is 0.0303. The van der Waals surface area contributed by atoms with E-state index >= 15 is 4.39 Å². The minimum atomic E-state index is -4.74. The Morgan fingerprint density at radius 3 is 2.51 bits per heavy atom. The second-order valence-electron chi connectivity index (χ2n) is 11.7. The van der Waals surface area contributed by atoms with E-state index in [9.17, 15) is 22.8 Å². The summed E-state index contributed by atoms with van der Waals surface area (Å²) in [5, 5.41) is 5.05. The molecule has 3 fully saturated rings. The molecule has 14 heteroatoms. The molecule has 234 valence electrons. The van der Waals surface area contributed by atoms with Crippen LogP contribution in [-0.4, -0.2) is 97.4 Å². The summed E-state index contributed by atoms with van der Waals surface area (Å²) < 4.78 is 63.1. The van der Waals surface area contributed by atoms with E-state index in [1.807, 2.05) is 37.6 Å². The summed E-state index contributed by atoms with van der Waals surface area (Å²) in [5.74, 6) is -5.53. The molecule has 0 radical (unpaired) electrons. The lowest BCUT2D eigenvalue weighted by atomic mass is 9.84. The molecule has 3 aliphatic rings. The fourth-order valence-electron chi connectivity index (χ4n) is 6.00. The van der Waals surface area contributed by atoms with Gasteiger partial charge in [0.15, 0.2) is 0 Å². The van der Waals surface area contributed by atoms with Crippen LogP contribution in [0.5, 0.6) is 0 Å². The van der Waals surface area contributed by atoms with Crippen LogP contribution in [0.15, 0.2) is 24.4 Å². The molecule has 0 spiro atoms. The SMILES string of the molecule is C[C@@H]1CN(c2cc(F)c(-c3ccnc(N4CCO[C@@H](C)C4)n3)cc2NC(=O)C2CNC(=O)CC2C(F)(F)F)C[C@H](C)N1C. The van der Waals surface area contributed by atoms with Crippen LogP contribution in [0.25, 0.3) is 11.3 Å². The van der Waals surface area contributed by atoms with Crippen molar-refractivity contribution < 1.29 is 31.9 Å². The number of likely N-dealkylation sites (N-methyl/N-ethyl adjacent to an activating group) is 1.